The van der Waals surface area contributed by atoms with Gasteiger partial charge in [-0.15, -0.1) is 0 Å². The van der Waals surface area contributed by atoms with Crippen molar-refractivity contribution < 1.29 is 0 Å². The molecule has 0 aliphatic rings. The van der Waals surface area contributed by atoms with E-state index in [0.717, 1.165) is 16.6 Å². The first-order valence-corrected chi connectivity index (χ1v) is 4.07. The number of rotatable bonds is 0. The summed E-state index contributed by atoms with van der Waals surface area (Å²) in [5.41, 5.74) is 7.56. The van der Waals surface area contributed by atoms with E-state index in [1.807, 2.05) is 35.9 Å². The quantitative estimate of drug-likeness (QED) is 0.621. The van der Waals surface area contributed by atoms with Crippen LogP contribution in [0.15, 0.2) is 24.3 Å². The SMILES string of the molecule is Cn1c(Cl)cc2cccc(N)c21. The van der Waals surface area contributed by atoms with Gasteiger partial charge in [-0.05, 0) is 12.1 Å². The Bertz CT molecular complexity index is 431. The molecule has 0 radical (unpaired) electrons. The Morgan fingerprint density at radius 2 is 2.17 bits per heavy atom. The summed E-state index contributed by atoms with van der Waals surface area (Å²) in [7, 11) is 1.90. The van der Waals surface area contributed by atoms with Crippen LogP contribution in [-0.2, 0) is 7.05 Å². The zero-order valence-corrected chi connectivity index (χ0v) is 7.47. The van der Waals surface area contributed by atoms with Gasteiger partial charge in [-0.3, -0.25) is 0 Å². The molecule has 0 saturated carbocycles. The van der Waals surface area contributed by atoms with Gasteiger partial charge in [0.2, 0.25) is 0 Å². The molecule has 12 heavy (non-hydrogen) atoms. The number of fused-ring (bicyclic) bond motifs is 1. The summed E-state index contributed by atoms with van der Waals surface area (Å²) in [6.45, 7) is 0. The van der Waals surface area contributed by atoms with Crippen molar-refractivity contribution in [3.63, 3.8) is 0 Å². The van der Waals surface area contributed by atoms with Gasteiger partial charge in [-0.2, -0.15) is 0 Å². The van der Waals surface area contributed by atoms with Crippen LogP contribution >= 0.6 is 11.6 Å². The minimum Gasteiger partial charge on any atom is -0.397 e. The molecule has 0 aliphatic heterocycles. The van der Waals surface area contributed by atoms with Crippen LogP contribution in [0.25, 0.3) is 10.9 Å². The molecule has 0 atom stereocenters. The largest absolute Gasteiger partial charge is 0.397 e. The third kappa shape index (κ3) is 0.883. The molecule has 0 bridgehead atoms. The standard InChI is InChI=1S/C9H9ClN2/c1-12-8(10)5-6-3-2-4-7(11)9(6)12/h2-5H,11H2,1H3. The highest BCUT2D eigenvalue weighted by atomic mass is 35.5. The van der Waals surface area contributed by atoms with Gasteiger partial charge in [0.1, 0.15) is 5.15 Å². The van der Waals surface area contributed by atoms with Gasteiger partial charge in [0.15, 0.2) is 0 Å². The molecule has 2 aromatic rings. The lowest BCUT2D eigenvalue weighted by molar-refractivity contribution is 0.971. The second-order valence-corrected chi connectivity index (χ2v) is 3.20. The summed E-state index contributed by atoms with van der Waals surface area (Å²) >= 11 is 5.93. The predicted octanol–water partition coefficient (Wildman–Crippen LogP) is 2.41. The number of nitrogens with two attached hydrogens (primary N) is 1. The zero-order valence-electron chi connectivity index (χ0n) is 6.71. The fourth-order valence-electron chi connectivity index (χ4n) is 1.42. The van der Waals surface area contributed by atoms with Crippen LogP contribution in [-0.4, -0.2) is 4.57 Å². The summed E-state index contributed by atoms with van der Waals surface area (Å²) in [5, 5.41) is 1.80. The number of nitrogen functional groups attached to an aromatic ring is 1. The van der Waals surface area contributed by atoms with Gasteiger partial charge >= 0.3 is 0 Å². The predicted molar refractivity (Wildman–Crippen MR) is 52.3 cm³/mol. The molecule has 2 N–H and O–H groups in total. The third-order valence-corrected chi connectivity index (χ3v) is 2.39. The summed E-state index contributed by atoms with van der Waals surface area (Å²) < 4.78 is 1.88. The van der Waals surface area contributed by atoms with Crippen molar-refractivity contribution in [2.75, 3.05) is 5.73 Å². The average Bonchev–Trinajstić information content (AvgIpc) is 2.29. The van der Waals surface area contributed by atoms with E-state index >= 15 is 0 Å². The molecule has 1 aromatic carbocycles. The van der Waals surface area contributed by atoms with E-state index in [1.165, 1.54) is 0 Å². The molecule has 0 spiro atoms. The molecule has 0 amide bonds. The Labute approximate surface area is 75.5 Å². The Kier molecular flexibility index (Phi) is 1.51. The number of aromatic nitrogens is 1. The van der Waals surface area contributed by atoms with E-state index in [0.29, 0.717) is 5.15 Å². The third-order valence-electron chi connectivity index (χ3n) is 2.03. The summed E-state index contributed by atoms with van der Waals surface area (Å²) in [5.74, 6) is 0. The van der Waals surface area contributed by atoms with Crippen molar-refractivity contribution in [2.24, 2.45) is 7.05 Å². The van der Waals surface area contributed by atoms with Gasteiger partial charge in [0, 0.05) is 12.4 Å². The maximum Gasteiger partial charge on any atom is 0.109 e. The second kappa shape index (κ2) is 2.42. The lowest BCUT2D eigenvalue weighted by Crippen LogP contribution is -1.92. The highest BCUT2D eigenvalue weighted by molar-refractivity contribution is 6.31. The Morgan fingerprint density at radius 1 is 1.42 bits per heavy atom. The fraction of sp³-hybridized carbons (Fsp3) is 0.111. The molecule has 2 rings (SSSR count). The van der Waals surface area contributed by atoms with Gasteiger partial charge in [-0.1, -0.05) is 23.7 Å². The van der Waals surface area contributed by atoms with Crippen LogP contribution in [0.4, 0.5) is 5.69 Å². The molecular weight excluding hydrogens is 172 g/mol. The van der Waals surface area contributed by atoms with E-state index in [-0.39, 0.29) is 0 Å². The molecule has 62 valence electrons. The van der Waals surface area contributed by atoms with Crippen molar-refractivity contribution >= 4 is 28.2 Å². The van der Waals surface area contributed by atoms with E-state index in [2.05, 4.69) is 0 Å². The molecular formula is C9H9ClN2. The Morgan fingerprint density at radius 3 is 2.83 bits per heavy atom. The van der Waals surface area contributed by atoms with Gasteiger partial charge in [0.25, 0.3) is 0 Å². The maximum atomic E-state index is 5.93. The first-order chi connectivity index (χ1) is 5.70. The smallest absolute Gasteiger partial charge is 0.109 e. The molecule has 1 heterocycles. The number of nitrogens with zero attached hydrogens (tertiary/aromatic N) is 1. The number of para-hydroxylation sites is 1. The van der Waals surface area contributed by atoms with E-state index in [1.54, 1.807) is 0 Å². The van der Waals surface area contributed by atoms with Crippen LogP contribution in [0.3, 0.4) is 0 Å². The van der Waals surface area contributed by atoms with E-state index in [9.17, 15) is 0 Å². The zero-order chi connectivity index (χ0) is 8.72. The lowest BCUT2D eigenvalue weighted by atomic mass is 10.2. The fourth-order valence-corrected chi connectivity index (χ4v) is 1.62. The van der Waals surface area contributed by atoms with Crippen molar-refractivity contribution in [3.8, 4) is 0 Å². The number of hydrogen-bond donors (Lipinski definition) is 1. The van der Waals surface area contributed by atoms with Crippen molar-refractivity contribution in [1.82, 2.24) is 4.57 Å². The number of benzene rings is 1. The molecule has 1 aromatic heterocycles. The summed E-state index contributed by atoms with van der Waals surface area (Å²) in [6.07, 6.45) is 0. The van der Waals surface area contributed by atoms with Crippen LogP contribution in [0, 0.1) is 0 Å². The topological polar surface area (TPSA) is 30.9 Å². The Hall–Kier alpha value is -1.15. The summed E-state index contributed by atoms with van der Waals surface area (Å²) in [4.78, 5) is 0. The summed E-state index contributed by atoms with van der Waals surface area (Å²) in [6, 6.07) is 7.71. The molecule has 0 unspecified atom stereocenters. The van der Waals surface area contributed by atoms with Gasteiger partial charge < -0.3 is 10.3 Å². The Balaban J connectivity index is 2.97. The molecule has 0 aliphatic carbocycles. The van der Waals surface area contributed by atoms with Crippen molar-refractivity contribution in [3.05, 3.63) is 29.4 Å². The van der Waals surface area contributed by atoms with Crippen molar-refractivity contribution in [1.29, 1.82) is 0 Å². The monoisotopic (exact) mass is 180 g/mol. The minimum atomic E-state index is 0.711. The second-order valence-electron chi connectivity index (χ2n) is 2.81. The first-order valence-electron chi connectivity index (χ1n) is 3.69. The highest BCUT2D eigenvalue weighted by Crippen LogP contribution is 2.26. The number of aryl methyl sites for hydroxylation is 1. The highest BCUT2D eigenvalue weighted by Gasteiger charge is 2.04. The van der Waals surface area contributed by atoms with Gasteiger partial charge in [-0.25, -0.2) is 0 Å². The van der Waals surface area contributed by atoms with E-state index < -0.39 is 0 Å². The lowest BCUT2D eigenvalue weighted by Gasteiger charge is -2.00. The maximum absolute atomic E-state index is 5.93. The molecule has 3 heteroatoms. The average molecular weight is 181 g/mol. The van der Waals surface area contributed by atoms with E-state index in [4.69, 9.17) is 17.3 Å². The van der Waals surface area contributed by atoms with Crippen LogP contribution in [0.2, 0.25) is 5.15 Å². The van der Waals surface area contributed by atoms with Crippen LogP contribution < -0.4 is 5.73 Å². The number of hydrogen-bond acceptors (Lipinski definition) is 1. The van der Waals surface area contributed by atoms with Gasteiger partial charge in [0.05, 0.1) is 11.2 Å². The normalized spacial score (nSPS) is 10.8. The molecule has 0 saturated heterocycles. The van der Waals surface area contributed by atoms with Crippen LogP contribution in [0.5, 0.6) is 0 Å². The van der Waals surface area contributed by atoms with Crippen LogP contribution in [0.1, 0.15) is 0 Å². The number of anilines is 1. The minimum absolute atomic E-state index is 0.711. The molecule has 0 fully saturated rings. The van der Waals surface area contributed by atoms with Crippen molar-refractivity contribution in [2.45, 2.75) is 0 Å². The number of halogens is 1. The first kappa shape index (κ1) is 7.50. The molecule has 2 nitrogen and oxygen atoms in total.